The van der Waals surface area contributed by atoms with Gasteiger partial charge in [0.05, 0.1) is 16.2 Å². The van der Waals surface area contributed by atoms with Crippen LogP contribution in [0.1, 0.15) is 54.0 Å². The Morgan fingerprint density at radius 3 is 2.36 bits per heavy atom. The van der Waals surface area contributed by atoms with E-state index in [0.717, 1.165) is 0 Å². The Bertz CT molecular complexity index is 758. The highest BCUT2D eigenvalue weighted by atomic mass is 35.5. The molecule has 1 aliphatic rings. The van der Waals surface area contributed by atoms with E-state index in [2.05, 4.69) is 5.32 Å². The third kappa shape index (κ3) is 5.49. The highest BCUT2D eigenvalue weighted by Gasteiger charge is 2.52. The molecular formula is C20H28BClFNO4. The number of benzene rings is 1. The van der Waals surface area contributed by atoms with Crippen molar-refractivity contribution >= 4 is 30.9 Å². The molecule has 1 fully saturated rings. The first-order valence-corrected chi connectivity index (χ1v) is 9.57. The summed E-state index contributed by atoms with van der Waals surface area (Å²) in [5, 5.41) is 2.69. The molecule has 0 atom stereocenters. The zero-order chi connectivity index (χ0) is 21.3. The van der Waals surface area contributed by atoms with Gasteiger partial charge in [-0.3, -0.25) is 0 Å². The van der Waals surface area contributed by atoms with Crippen LogP contribution in [0, 0.1) is 5.82 Å². The molecule has 1 heterocycles. The van der Waals surface area contributed by atoms with Crippen LogP contribution in [0.2, 0.25) is 5.02 Å². The van der Waals surface area contributed by atoms with Crippen LogP contribution in [-0.4, -0.2) is 36.6 Å². The van der Waals surface area contributed by atoms with E-state index in [1.54, 1.807) is 39.0 Å². The molecule has 0 radical (unpaired) electrons. The number of amides is 1. The Morgan fingerprint density at radius 1 is 1.25 bits per heavy atom. The Balaban J connectivity index is 2.30. The molecule has 0 unspecified atom stereocenters. The van der Waals surface area contributed by atoms with Crippen LogP contribution in [0.3, 0.4) is 0 Å². The molecule has 1 amide bonds. The molecule has 1 saturated heterocycles. The van der Waals surface area contributed by atoms with E-state index in [0.29, 0.717) is 11.0 Å². The molecule has 0 bridgehead atoms. The predicted octanol–water partition coefficient (Wildman–Crippen LogP) is 5.02. The fourth-order valence-corrected chi connectivity index (χ4v) is 2.70. The van der Waals surface area contributed by atoms with E-state index >= 15 is 0 Å². The summed E-state index contributed by atoms with van der Waals surface area (Å²) >= 11 is 6.09. The molecule has 154 valence electrons. The maximum absolute atomic E-state index is 13.8. The molecule has 0 aromatic heterocycles. The van der Waals surface area contributed by atoms with Crippen LogP contribution in [0.5, 0.6) is 0 Å². The van der Waals surface area contributed by atoms with Gasteiger partial charge in [0, 0.05) is 6.54 Å². The Labute approximate surface area is 171 Å². The average Bonchev–Trinajstić information content (AvgIpc) is 2.74. The lowest BCUT2D eigenvalue weighted by Gasteiger charge is -2.32. The van der Waals surface area contributed by atoms with E-state index in [1.165, 1.54) is 6.07 Å². The van der Waals surface area contributed by atoms with Gasteiger partial charge >= 0.3 is 13.2 Å². The molecule has 28 heavy (non-hydrogen) atoms. The van der Waals surface area contributed by atoms with Crippen molar-refractivity contribution in [3.8, 4) is 0 Å². The van der Waals surface area contributed by atoms with Gasteiger partial charge in [-0.1, -0.05) is 29.8 Å². The van der Waals surface area contributed by atoms with Crippen LogP contribution in [-0.2, 0) is 14.0 Å². The Hall–Kier alpha value is -1.57. The van der Waals surface area contributed by atoms with Crippen LogP contribution in [0.4, 0.5) is 9.18 Å². The van der Waals surface area contributed by atoms with Crippen LogP contribution < -0.4 is 5.32 Å². The molecule has 1 aromatic rings. The number of alkyl carbamates (subject to hydrolysis) is 1. The highest BCUT2D eigenvalue weighted by molar-refractivity contribution is 6.56. The number of hydrogen-bond donors (Lipinski definition) is 1. The zero-order valence-corrected chi connectivity index (χ0v) is 18.2. The second-order valence-corrected chi connectivity index (χ2v) is 9.18. The first-order chi connectivity index (χ1) is 12.7. The van der Waals surface area contributed by atoms with Crippen molar-refractivity contribution in [1.82, 2.24) is 5.32 Å². The summed E-state index contributed by atoms with van der Waals surface area (Å²) in [7, 11) is -0.723. The highest BCUT2D eigenvalue weighted by Crippen LogP contribution is 2.39. The van der Waals surface area contributed by atoms with Gasteiger partial charge in [-0.15, -0.1) is 0 Å². The second kappa shape index (κ2) is 8.05. The van der Waals surface area contributed by atoms with Crippen molar-refractivity contribution in [2.45, 2.75) is 65.3 Å². The average molecular weight is 412 g/mol. The third-order valence-corrected chi connectivity index (χ3v) is 5.11. The molecular weight excluding hydrogens is 383 g/mol. The third-order valence-electron chi connectivity index (χ3n) is 4.71. The molecule has 5 nitrogen and oxygen atoms in total. The normalized spacial score (nSPS) is 18.9. The number of nitrogens with one attached hydrogen (secondary N) is 1. The predicted molar refractivity (Wildman–Crippen MR) is 110 cm³/mol. The standard InChI is InChI=1S/C20H28BClFNO4/c1-18(2,3)26-17(25)24-12-14(11-13-9-8-10-15(23)16(13)22)21-27-19(4,5)20(6,7)28-21/h8-11H,12H2,1-7H3,(H,24,25). The molecule has 0 aliphatic carbocycles. The smallest absolute Gasteiger partial charge is 0.444 e. The van der Waals surface area contributed by atoms with Crippen LogP contribution in [0.15, 0.2) is 23.7 Å². The van der Waals surface area contributed by atoms with Gasteiger partial charge in [0.25, 0.3) is 0 Å². The SMILES string of the molecule is CC(C)(C)OC(=O)NCC(=Cc1cccc(F)c1Cl)B1OC(C)(C)C(C)(C)O1. The van der Waals surface area contributed by atoms with Crippen molar-refractivity contribution in [3.05, 3.63) is 40.1 Å². The quantitative estimate of drug-likeness (QED) is 0.707. The lowest BCUT2D eigenvalue weighted by Crippen LogP contribution is -2.41. The maximum atomic E-state index is 13.8. The number of carbonyl (C=O) groups is 1. The van der Waals surface area contributed by atoms with Crippen molar-refractivity contribution < 1.29 is 23.2 Å². The molecule has 1 aliphatic heterocycles. The van der Waals surface area contributed by atoms with Gasteiger partial charge < -0.3 is 19.4 Å². The topological polar surface area (TPSA) is 56.8 Å². The molecule has 1 N–H and O–H groups in total. The summed E-state index contributed by atoms with van der Waals surface area (Å²) in [5.74, 6) is -0.524. The molecule has 2 rings (SSSR count). The van der Waals surface area contributed by atoms with E-state index in [4.69, 9.17) is 25.6 Å². The molecule has 0 saturated carbocycles. The number of halogens is 2. The summed E-state index contributed by atoms with van der Waals surface area (Å²) in [4.78, 5) is 12.1. The first kappa shape index (κ1) is 22.7. The van der Waals surface area contributed by atoms with Crippen LogP contribution >= 0.6 is 11.6 Å². The van der Waals surface area contributed by atoms with E-state index in [-0.39, 0.29) is 11.6 Å². The largest absolute Gasteiger partial charge is 0.492 e. The van der Waals surface area contributed by atoms with Crippen LogP contribution in [0.25, 0.3) is 6.08 Å². The lowest BCUT2D eigenvalue weighted by atomic mass is 9.77. The summed E-state index contributed by atoms with van der Waals surface area (Å²) in [6.07, 6.45) is 1.10. The minimum absolute atomic E-state index is 0.00575. The molecule has 0 spiro atoms. The molecule has 8 heteroatoms. The number of carbonyl (C=O) groups excluding carboxylic acids is 1. The summed E-state index contributed by atoms with van der Waals surface area (Å²) in [6.45, 7) is 13.2. The summed E-state index contributed by atoms with van der Waals surface area (Å²) in [5.41, 5.74) is -0.679. The Kier molecular flexibility index (Phi) is 6.53. The van der Waals surface area contributed by atoms with Gasteiger partial charge in [0.15, 0.2) is 0 Å². The number of rotatable bonds is 4. The van der Waals surface area contributed by atoms with Crippen molar-refractivity contribution in [1.29, 1.82) is 0 Å². The van der Waals surface area contributed by atoms with E-state index in [9.17, 15) is 9.18 Å². The van der Waals surface area contributed by atoms with E-state index < -0.39 is 35.8 Å². The van der Waals surface area contributed by atoms with Gasteiger partial charge in [0.2, 0.25) is 0 Å². The van der Waals surface area contributed by atoms with Crippen molar-refractivity contribution in [2.24, 2.45) is 0 Å². The van der Waals surface area contributed by atoms with E-state index in [1.807, 2.05) is 27.7 Å². The second-order valence-electron chi connectivity index (χ2n) is 8.81. The minimum Gasteiger partial charge on any atom is -0.444 e. The summed E-state index contributed by atoms with van der Waals surface area (Å²) in [6, 6.07) is 4.54. The van der Waals surface area contributed by atoms with Gasteiger partial charge in [0.1, 0.15) is 11.4 Å². The summed E-state index contributed by atoms with van der Waals surface area (Å²) < 4.78 is 31.3. The van der Waals surface area contributed by atoms with Crippen molar-refractivity contribution in [3.63, 3.8) is 0 Å². The fourth-order valence-electron chi connectivity index (χ4n) is 2.52. The minimum atomic E-state index is -0.723. The van der Waals surface area contributed by atoms with Crippen molar-refractivity contribution in [2.75, 3.05) is 6.54 Å². The maximum Gasteiger partial charge on any atom is 0.492 e. The van der Waals surface area contributed by atoms with Gasteiger partial charge in [-0.25, -0.2) is 9.18 Å². The monoisotopic (exact) mass is 411 g/mol. The lowest BCUT2D eigenvalue weighted by molar-refractivity contribution is 0.00578. The fraction of sp³-hybridized carbons (Fsp3) is 0.550. The number of hydrogen-bond acceptors (Lipinski definition) is 4. The first-order valence-electron chi connectivity index (χ1n) is 9.19. The van der Waals surface area contributed by atoms with Gasteiger partial charge in [-0.2, -0.15) is 0 Å². The Morgan fingerprint density at radius 2 is 1.82 bits per heavy atom. The number of ether oxygens (including phenoxy) is 1. The van der Waals surface area contributed by atoms with Gasteiger partial charge in [-0.05, 0) is 65.6 Å². The molecule has 1 aromatic carbocycles. The zero-order valence-electron chi connectivity index (χ0n) is 17.5.